The third-order valence-corrected chi connectivity index (χ3v) is 2.91. The average molecular weight is 273 g/mol. The van der Waals surface area contributed by atoms with Crippen LogP contribution in [0, 0.1) is 18.3 Å². The summed E-state index contributed by atoms with van der Waals surface area (Å²) in [5.74, 6) is 1.43. The van der Waals surface area contributed by atoms with Gasteiger partial charge in [0.05, 0.1) is 36.6 Å². The molecule has 0 radical (unpaired) electrons. The minimum Gasteiger partial charge on any atom is -0.497 e. The summed E-state index contributed by atoms with van der Waals surface area (Å²) >= 11 is 0. The second-order valence-electron chi connectivity index (χ2n) is 4.26. The van der Waals surface area contributed by atoms with Gasteiger partial charge in [0.25, 0.3) is 0 Å². The van der Waals surface area contributed by atoms with Crippen LogP contribution in [0.3, 0.4) is 0 Å². The number of aromatic nitrogens is 2. The summed E-state index contributed by atoms with van der Waals surface area (Å²) in [5.41, 5.74) is 1.76. The Hall–Kier alpha value is -2.52. The van der Waals surface area contributed by atoms with Crippen molar-refractivity contribution in [2.24, 2.45) is 7.05 Å². The van der Waals surface area contributed by atoms with Crippen LogP contribution in [-0.2, 0) is 13.7 Å². The second-order valence-corrected chi connectivity index (χ2v) is 4.26. The predicted molar refractivity (Wildman–Crippen MR) is 71.7 cm³/mol. The number of nitrogens with zero attached hydrogens (tertiary/aromatic N) is 3. The maximum atomic E-state index is 9.38. The van der Waals surface area contributed by atoms with E-state index in [2.05, 4.69) is 5.10 Å². The molecule has 0 bridgehead atoms. The lowest BCUT2D eigenvalue weighted by Gasteiger charge is -2.09. The van der Waals surface area contributed by atoms with E-state index in [0.717, 1.165) is 0 Å². The molecule has 0 saturated heterocycles. The third-order valence-electron chi connectivity index (χ3n) is 2.91. The highest BCUT2D eigenvalue weighted by molar-refractivity contribution is 5.45. The topological polar surface area (TPSA) is 80.3 Å². The highest BCUT2D eigenvalue weighted by Crippen LogP contribution is 2.30. The molecule has 0 aliphatic rings. The lowest BCUT2D eigenvalue weighted by Crippen LogP contribution is -1.98. The lowest BCUT2D eigenvalue weighted by molar-refractivity contribution is 0.274. The van der Waals surface area contributed by atoms with Crippen LogP contribution in [0.2, 0.25) is 0 Å². The van der Waals surface area contributed by atoms with Gasteiger partial charge in [0.1, 0.15) is 11.5 Å². The fourth-order valence-corrected chi connectivity index (χ4v) is 1.92. The summed E-state index contributed by atoms with van der Waals surface area (Å²) in [5, 5.41) is 22.6. The zero-order valence-corrected chi connectivity index (χ0v) is 11.5. The summed E-state index contributed by atoms with van der Waals surface area (Å²) in [6, 6.07) is 6.94. The molecular formula is C14H15N3O3. The summed E-state index contributed by atoms with van der Waals surface area (Å²) in [6.45, 7) is 1.63. The van der Waals surface area contributed by atoms with Crippen molar-refractivity contribution in [1.82, 2.24) is 9.78 Å². The first-order valence-electron chi connectivity index (χ1n) is 5.99. The van der Waals surface area contributed by atoms with Crippen LogP contribution >= 0.6 is 0 Å². The number of nitriles is 1. The summed E-state index contributed by atoms with van der Waals surface area (Å²) < 4.78 is 12.4. The van der Waals surface area contributed by atoms with Gasteiger partial charge in [-0.05, 0) is 19.1 Å². The Balaban J connectivity index is 2.42. The fraction of sp³-hybridized carbons (Fsp3) is 0.286. The Kier molecular flexibility index (Phi) is 3.91. The number of benzene rings is 1. The quantitative estimate of drug-likeness (QED) is 0.920. The van der Waals surface area contributed by atoms with Crippen LogP contribution in [0.4, 0.5) is 0 Å². The molecule has 0 spiro atoms. The van der Waals surface area contributed by atoms with Crippen LogP contribution in [0.25, 0.3) is 0 Å². The first-order chi connectivity index (χ1) is 9.58. The van der Waals surface area contributed by atoms with Crippen LogP contribution in [0.15, 0.2) is 18.2 Å². The fourth-order valence-electron chi connectivity index (χ4n) is 1.92. The third kappa shape index (κ3) is 2.58. The highest BCUT2D eigenvalue weighted by atomic mass is 16.5. The minimum atomic E-state index is -0.163. The maximum absolute atomic E-state index is 9.38. The minimum absolute atomic E-state index is 0.163. The average Bonchev–Trinajstić information content (AvgIpc) is 2.72. The molecule has 1 aromatic carbocycles. The molecule has 6 nitrogen and oxygen atoms in total. The van der Waals surface area contributed by atoms with Crippen molar-refractivity contribution >= 4 is 0 Å². The summed E-state index contributed by atoms with van der Waals surface area (Å²) in [7, 11) is 3.25. The largest absolute Gasteiger partial charge is 0.497 e. The van der Waals surface area contributed by atoms with Gasteiger partial charge in [-0.25, -0.2) is 4.68 Å². The molecule has 0 unspecified atom stereocenters. The molecule has 6 heteroatoms. The number of ether oxygens (including phenoxy) is 2. The van der Waals surface area contributed by atoms with Gasteiger partial charge in [-0.15, -0.1) is 0 Å². The number of rotatable bonds is 4. The number of aryl methyl sites for hydroxylation is 2. The van der Waals surface area contributed by atoms with E-state index in [0.29, 0.717) is 34.2 Å². The Morgan fingerprint density at radius 1 is 1.35 bits per heavy atom. The van der Waals surface area contributed by atoms with Crippen molar-refractivity contribution in [2.45, 2.75) is 13.5 Å². The van der Waals surface area contributed by atoms with Crippen LogP contribution in [0.1, 0.15) is 16.8 Å². The molecule has 0 fully saturated rings. The van der Waals surface area contributed by atoms with Gasteiger partial charge in [-0.2, -0.15) is 10.4 Å². The number of aliphatic hydroxyl groups excluding tert-OH is 1. The number of hydrogen-bond acceptors (Lipinski definition) is 5. The lowest BCUT2D eigenvalue weighted by atomic mass is 10.2. The van der Waals surface area contributed by atoms with E-state index in [1.165, 1.54) is 7.11 Å². The van der Waals surface area contributed by atoms with Crippen molar-refractivity contribution in [1.29, 1.82) is 5.26 Å². The molecule has 0 amide bonds. The van der Waals surface area contributed by atoms with Gasteiger partial charge in [0.2, 0.25) is 5.88 Å². The second kappa shape index (κ2) is 5.63. The molecular weight excluding hydrogens is 258 g/mol. The highest BCUT2D eigenvalue weighted by Gasteiger charge is 2.15. The van der Waals surface area contributed by atoms with Crippen molar-refractivity contribution in [3.8, 4) is 23.4 Å². The van der Waals surface area contributed by atoms with Gasteiger partial charge in [0, 0.05) is 13.1 Å². The molecule has 2 aromatic rings. The van der Waals surface area contributed by atoms with Gasteiger partial charge < -0.3 is 14.6 Å². The molecule has 0 aliphatic carbocycles. The molecule has 1 aromatic heterocycles. The Bertz CT molecular complexity index is 671. The van der Waals surface area contributed by atoms with E-state index in [1.807, 2.05) is 6.07 Å². The Morgan fingerprint density at radius 3 is 2.65 bits per heavy atom. The molecule has 0 aliphatic heterocycles. The number of hydrogen-bond donors (Lipinski definition) is 1. The monoisotopic (exact) mass is 273 g/mol. The summed E-state index contributed by atoms with van der Waals surface area (Å²) in [4.78, 5) is 0. The van der Waals surface area contributed by atoms with E-state index in [4.69, 9.17) is 14.7 Å². The molecule has 104 valence electrons. The zero-order valence-electron chi connectivity index (χ0n) is 11.5. The van der Waals surface area contributed by atoms with Gasteiger partial charge in [0.15, 0.2) is 0 Å². The van der Waals surface area contributed by atoms with Gasteiger partial charge >= 0.3 is 0 Å². The molecule has 0 saturated carbocycles. The summed E-state index contributed by atoms with van der Waals surface area (Å²) in [6.07, 6.45) is 0. The molecule has 1 heterocycles. The Labute approximate surface area is 116 Å². The van der Waals surface area contributed by atoms with E-state index in [-0.39, 0.29) is 6.61 Å². The maximum Gasteiger partial charge on any atom is 0.223 e. The van der Waals surface area contributed by atoms with Crippen molar-refractivity contribution in [3.63, 3.8) is 0 Å². The van der Waals surface area contributed by atoms with Crippen LogP contribution < -0.4 is 9.47 Å². The standard InChI is InChI=1S/C14H15N3O3/c1-9-13(8-18)14(17(2)16-9)20-12-5-10(7-15)4-11(6-12)19-3/h4-6,18H,8H2,1-3H3. The number of methoxy groups -OCH3 is 1. The van der Waals surface area contributed by atoms with Crippen LogP contribution in [-0.4, -0.2) is 22.0 Å². The van der Waals surface area contributed by atoms with Crippen molar-refractivity contribution in [3.05, 3.63) is 35.0 Å². The van der Waals surface area contributed by atoms with Crippen LogP contribution in [0.5, 0.6) is 17.4 Å². The van der Waals surface area contributed by atoms with E-state index < -0.39 is 0 Å². The molecule has 0 atom stereocenters. The van der Waals surface area contributed by atoms with Gasteiger partial charge in [-0.3, -0.25) is 0 Å². The molecule has 1 N–H and O–H groups in total. The van der Waals surface area contributed by atoms with E-state index >= 15 is 0 Å². The first kappa shape index (κ1) is 13.9. The van der Waals surface area contributed by atoms with Crippen molar-refractivity contribution < 1.29 is 14.6 Å². The van der Waals surface area contributed by atoms with E-state index in [9.17, 15) is 5.11 Å². The zero-order chi connectivity index (χ0) is 14.7. The normalized spacial score (nSPS) is 10.2. The molecule has 20 heavy (non-hydrogen) atoms. The smallest absolute Gasteiger partial charge is 0.223 e. The van der Waals surface area contributed by atoms with Gasteiger partial charge in [-0.1, -0.05) is 0 Å². The van der Waals surface area contributed by atoms with Crippen molar-refractivity contribution in [2.75, 3.05) is 7.11 Å². The Morgan fingerprint density at radius 2 is 2.05 bits per heavy atom. The predicted octanol–water partition coefficient (Wildman–Crippen LogP) is 1.89. The molecule has 2 rings (SSSR count). The SMILES string of the molecule is COc1cc(C#N)cc(Oc2c(CO)c(C)nn2C)c1. The van der Waals surface area contributed by atoms with E-state index in [1.54, 1.807) is 36.9 Å². The number of aliphatic hydroxyl groups is 1. The first-order valence-corrected chi connectivity index (χ1v) is 5.99.